The van der Waals surface area contributed by atoms with Gasteiger partial charge in [0.25, 0.3) is 0 Å². The third-order valence-electron chi connectivity index (χ3n) is 0.592. The average molecular weight is 169 g/mol. The van der Waals surface area contributed by atoms with Crippen molar-refractivity contribution in [3.63, 3.8) is 0 Å². The van der Waals surface area contributed by atoms with Crippen molar-refractivity contribution in [1.82, 2.24) is 0 Å². The summed E-state index contributed by atoms with van der Waals surface area (Å²) in [6, 6.07) is -0.889. The zero-order valence-electron chi connectivity index (χ0n) is 4.05. The number of carbonyl (C=O) groups excluding carboxylic acids is 1. The van der Waals surface area contributed by atoms with Gasteiger partial charge in [-0.1, -0.05) is 4.91 Å². The summed E-state index contributed by atoms with van der Waals surface area (Å²) in [6.07, 6.45) is 0. The molecule has 0 spiro atoms. The molecule has 0 saturated heterocycles. The molecular formula is C2H2KN4O3+. The van der Waals surface area contributed by atoms with Gasteiger partial charge in [-0.15, -0.1) is 0 Å². The summed E-state index contributed by atoms with van der Waals surface area (Å²) in [4.78, 5) is 22.1. The molecular weight excluding hydrogens is 167 g/mol. The van der Waals surface area contributed by atoms with Crippen LogP contribution in [-0.2, 0) is 0 Å². The van der Waals surface area contributed by atoms with E-state index in [4.69, 9.17) is 5.21 Å². The molecule has 1 aliphatic rings. The van der Waals surface area contributed by atoms with Crippen LogP contribution in [0.2, 0.25) is 0 Å². The van der Waals surface area contributed by atoms with Crippen molar-refractivity contribution < 1.29 is 14.9 Å². The number of nitrogens with zero attached hydrogens (tertiary/aromatic N) is 4. The molecule has 0 saturated carbocycles. The Balaban J connectivity index is 0.000000810. The molecule has 0 unspecified atom stereocenters. The van der Waals surface area contributed by atoms with E-state index in [9.17, 15) is 9.70 Å². The predicted octanol–water partition coefficient (Wildman–Crippen LogP) is -0.552. The molecule has 1 aliphatic heterocycles. The van der Waals surface area contributed by atoms with Gasteiger partial charge in [0.2, 0.25) is 0 Å². The van der Waals surface area contributed by atoms with E-state index in [0.29, 0.717) is 0 Å². The Bertz CT molecular complexity index is 233. The van der Waals surface area contributed by atoms with Gasteiger partial charge in [0, 0.05) is 10.1 Å². The third-order valence-corrected chi connectivity index (χ3v) is 0.592. The summed E-state index contributed by atoms with van der Waals surface area (Å²) in [5.41, 5.74) is 0. The molecule has 1 heterocycles. The minimum atomic E-state index is -0.889. The van der Waals surface area contributed by atoms with Crippen LogP contribution in [0.5, 0.6) is 0 Å². The molecule has 0 aromatic carbocycles. The molecule has 0 aromatic rings. The summed E-state index contributed by atoms with van der Waals surface area (Å²) in [7, 11) is 0. The Morgan fingerprint density at radius 3 is 2.20 bits per heavy atom. The van der Waals surface area contributed by atoms with Crippen molar-refractivity contribution in [3.8, 4) is 0 Å². The second-order valence-electron chi connectivity index (χ2n) is 1.17. The van der Waals surface area contributed by atoms with Crippen LogP contribution in [-0.4, -0.2) is 73.5 Å². The second-order valence-corrected chi connectivity index (χ2v) is 1.17. The van der Waals surface area contributed by atoms with E-state index in [2.05, 4.69) is 15.2 Å². The van der Waals surface area contributed by atoms with E-state index >= 15 is 0 Å². The molecule has 8 heteroatoms. The fourth-order valence-corrected chi connectivity index (χ4v) is 0.299. The number of aliphatic imine (C=N–C) groups is 1. The Hall–Kier alpha value is -0.0236. The Labute approximate surface area is 97.2 Å². The summed E-state index contributed by atoms with van der Waals surface area (Å²) < 4.78 is 0. The first-order valence-electron chi connectivity index (χ1n) is 1.90. The third kappa shape index (κ3) is 2.31. The van der Waals surface area contributed by atoms with E-state index in [1.165, 1.54) is 0 Å². The molecule has 48 valence electrons. The van der Waals surface area contributed by atoms with Gasteiger partial charge in [-0.05, 0) is 0 Å². The van der Waals surface area contributed by atoms with Gasteiger partial charge in [0.1, 0.15) is 0 Å². The number of urea groups is 1. The van der Waals surface area contributed by atoms with Crippen LogP contribution in [0.15, 0.2) is 15.2 Å². The number of carbonyl (C=O) groups is 1. The first-order valence-corrected chi connectivity index (χ1v) is 1.90. The maximum absolute atomic E-state index is 10.0. The zero-order valence-corrected chi connectivity index (χ0v) is 4.05. The minimum absolute atomic E-state index is 0. The number of azo groups is 1. The van der Waals surface area contributed by atoms with Gasteiger partial charge in [0.15, 0.2) is 4.92 Å². The molecule has 0 bridgehead atoms. The summed E-state index contributed by atoms with van der Waals surface area (Å²) in [6.45, 7) is 0. The number of hydrogen-bond acceptors (Lipinski definition) is 3. The summed E-state index contributed by atoms with van der Waals surface area (Å²) in [5.74, 6) is -0.639. The molecule has 0 aromatic heterocycles. The molecule has 10 heavy (non-hydrogen) atoms. The van der Waals surface area contributed by atoms with E-state index in [1.54, 1.807) is 0 Å². The Morgan fingerprint density at radius 2 is 2.00 bits per heavy atom. The molecule has 1 rings (SSSR count). The number of hydrogen-bond donors (Lipinski definition) is 1. The molecule has 0 atom stereocenters. The standard InChI is InChI=1S/C2HN4O3.K.H/c7-2-3-1(4-5-2)6(8)9;;/h(H,8,9);;/q+1;;. The van der Waals surface area contributed by atoms with Crippen molar-refractivity contribution in [2.45, 2.75) is 0 Å². The van der Waals surface area contributed by atoms with E-state index in [0.717, 1.165) is 0 Å². The van der Waals surface area contributed by atoms with Crippen LogP contribution in [0.1, 0.15) is 0 Å². The van der Waals surface area contributed by atoms with Gasteiger partial charge in [-0.3, -0.25) is 0 Å². The predicted molar refractivity (Wildman–Crippen MR) is 30.2 cm³/mol. The van der Waals surface area contributed by atoms with Gasteiger partial charge in [0.05, 0.1) is 5.11 Å². The molecule has 0 aliphatic carbocycles. The molecule has 2 amide bonds. The first-order chi connectivity index (χ1) is 4.20. The molecule has 0 radical (unpaired) electrons. The fraction of sp³-hybridized carbons (Fsp3) is 0. The van der Waals surface area contributed by atoms with Crippen LogP contribution < -0.4 is 0 Å². The van der Waals surface area contributed by atoms with Crippen LogP contribution in [0.25, 0.3) is 0 Å². The van der Waals surface area contributed by atoms with Gasteiger partial charge < -0.3 is 5.21 Å². The van der Waals surface area contributed by atoms with E-state index < -0.39 is 16.9 Å². The number of guanidine groups is 1. The van der Waals surface area contributed by atoms with Gasteiger partial charge in [-0.25, -0.2) is 4.79 Å². The van der Waals surface area contributed by atoms with Crippen molar-refractivity contribution in [3.05, 3.63) is 4.91 Å². The van der Waals surface area contributed by atoms with Gasteiger partial charge >= 0.3 is 63.4 Å². The average Bonchev–Trinajstić information content (AvgIpc) is 2.14. The second kappa shape index (κ2) is 3.98. The van der Waals surface area contributed by atoms with E-state index in [-0.39, 0.29) is 51.4 Å². The van der Waals surface area contributed by atoms with Crippen molar-refractivity contribution in [2.24, 2.45) is 15.2 Å². The van der Waals surface area contributed by atoms with Crippen LogP contribution in [0, 0.1) is 4.91 Å². The molecule has 0 fully saturated rings. The molecule has 7 nitrogen and oxygen atoms in total. The van der Waals surface area contributed by atoms with E-state index in [1.807, 2.05) is 0 Å². The normalized spacial score (nSPS) is 14.4. The zero-order chi connectivity index (χ0) is 6.85. The number of rotatable bonds is 0. The van der Waals surface area contributed by atoms with Crippen LogP contribution in [0.4, 0.5) is 4.79 Å². The maximum atomic E-state index is 10.0. The van der Waals surface area contributed by atoms with Crippen molar-refractivity contribution in [2.75, 3.05) is 0 Å². The fourth-order valence-electron chi connectivity index (χ4n) is 0.299. The molecule has 1 N–H and O–H groups in total. The van der Waals surface area contributed by atoms with Crippen LogP contribution >= 0.6 is 0 Å². The van der Waals surface area contributed by atoms with Gasteiger partial charge in [-0.2, -0.15) is 0 Å². The number of amides is 2. The monoisotopic (exact) mass is 169 g/mol. The summed E-state index contributed by atoms with van der Waals surface area (Å²) in [5, 5.41) is 13.7. The Morgan fingerprint density at radius 1 is 1.40 bits per heavy atom. The quantitative estimate of drug-likeness (QED) is 0.389. The Kier molecular flexibility index (Phi) is 3.97. The van der Waals surface area contributed by atoms with Crippen molar-refractivity contribution in [1.29, 1.82) is 0 Å². The van der Waals surface area contributed by atoms with Crippen LogP contribution in [0.3, 0.4) is 0 Å². The summed E-state index contributed by atoms with van der Waals surface area (Å²) >= 11 is 0. The van der Waals surface area contributed by atoms with Crippen molar-refractivity contribution >= 4 is 63.4 Å². The first kappa shape index (κ1) is 9.98. The topological polar surface area (TPSA) is 94.5 Å². The SMILES string of the molecule is O=C1N=NC([N+](=O)O)=N1.[KH].